The Balaban J connectivity index is 0. The van der Waals surface area contributed by atoms with Crippen LogP contribution in [0.25, 0.3) is 0 Å². The first-order valence-corrected chi connectivity index (χ1v) is 3.78. The van der Waals surface area contributed by atoms with E-state index in [0.717, 1.165) is 0 Å². The first-order chi connectivity index (χ1) is 7.19. The molecule has 0 aromatic carbocycles. The van der Waals surface area contributed by atoms with Crippen LogP contribution in [0.1, 0.15) is 12.8 Å². The summed E-state index contributed by atoms with van der Waals surface area (Å²) in [5.74, 6) is -5.35. The predicted molar refractivity (Wildman–Crippen MR) is 44.0 cm³/mol. The van der Waals surface area contributed by atoms with Crippen LogP contribution in [0.4, 0.5) is 4.79 Å². The van der Waals surface area contributed by atoms with Gasteiger partial charge in [-0.1, -0.05) is 0 Å². The van der Waals surface area contributed by atoms with E-state index in [1.165, 1.54) is 0 Å². The fourth-order valence-corrected chi connectivity index (χ4v) is 0.985. The topological polar surface area (TPSA) is 158 Å². The van der Waals surface area contributed by atoms with Gasteiger partial charge in [0.1, 0.15) is 0 Å². The quantitative estimate of drug-likeness (QED) is 0.373. The molecular formula is C7H8O9Zn. The van der Waals surface area contributed by atoms with Gasteiger partial charge in [-0.15, -0.1) is 0 Å². The zero-order valence-corrected chi connectivity index (χ0v) is 11.4. The summed E-state index contributed by atoms with van der Waals surface area (Å²) in [4.78, 5) is 41.6. The molecule has 0 unspecified atom stereocenters. The SMILES string of the molecule is O=C(O)CC(CC(=O)O)(OC(=O)O)C(=O)O.[Zn]. The largest absolute Gasteiger partial charge is 0.506 e. The second-order valence-electron chi connectivity index (χ2n) is 2.81. The van der Waals surface area contributed by atoms with Crippen LogP contribution in [0.15, 0.2) is 0 Å². The first kappa shape index (κ1) is 17.7. The fourth-order valence-electron chi connectivity index (χ4n) is 0.985. The number of rotatable bonds is 6. The summed E-state index contributed by atoms with van der Waals surface area (Å²) in [5.41, 5.74) is -2.82. The molecule has 9 nitrogen and oxygen atoms in total. The third kappa shape index (κ3) is 5.81. The van der Waals surface area contributed by atoms with E-state index in [9.17, 15) is 19.2 Å². The van der Waals surface area contributed by atoms with Crippen molar-refractivity contribution in [2.24, 2.45) is 0 Å². The van der Waals surface area contributed by atoms with E-state index in [2.05, 4.69) is 4.74 Å². The molecule has 0 spiro atoms. The summed E-state index contributed by atoms with van der Waals surface area (Å²) >= 11 is 0. The molecule has 0 fully saturated rings. The Morgan fingerprint density at radius 2 is 1.24 bits per heavy atom. The van der Waals surface area contributed by atoms with Crippen LogP contribution in [0, 0.1) is 0 Å². The van der Waals surface area contributed by atoms with Gasteiger partial charge in [-0.3, -0.25) is 9.59 Å². The van der Waals surface area contributed by atoms with Gasteiger partial charge in [0.2, 0.25) is 5.60 Å². The van der Waals surface area contributed by atoms with Gasteiger partial charge in [-0.05, 0) is 0 Å². The van der Waals surface area contributed by atoms with Crippen molar-refractivity contribution in [2.45, 2.75) is 18.4 Å². The Morgan fingerprint density at radius 1 is 0.882 bits per heavy atom. The van der Waals surface area contributed by atoms with Crippen molar-refractivity contribution >= 4 is 24.1 Å². The summed E-state index contributed by atoms with van der Waals surface area (Å²) in [6.45, 7) is 0. The third-order valence-electron chi connectivity index (χ3n) is 1.55. The second kappa shape index (κ2) is 6.79. The standard InChI is InChI=1S/C7H8O9.Zn/c8-3(9)1-7(5(12)13,2-4(10)11)16-6(14)15;/h1-2H2,(H,8,9)(H,10,11)(H,12,13)(H,14,15);. The van der Waals surface area contributed by atoms with Crippen LogP contribution in [0.3, 0.4) is 0 Å². The van der Waals surface area contributed by atoms with E-state index in [-0.39, 0.29) is 19.5 Å². The average Bonchev–Trinajstić information content (AvgIpc) is 1.98. The molecule has 0 heterocycles. The van der Waals surface area contributed by atoms with Gasteiger partial charge in [0.15, 0.2) is 0 Å². The van der Waals surface area contributed by atoms with Crippen molar-refractivity contribution < 1.29 is 63.8 Å². The molecule has 0 aliphatic carbocycles. The second-order valence-corrected chi connectivity index (χ2v) is 2.81. The average molecular weight is 302 g/mol. The van der Waals surface area contributed by atoms with Gasteiger partial charge in [0, 0.05) is 19.5 Å². The maximum atomic E-state index is 10.7. The molecule has 0 aliphatic heterocycles. The Labute approximate surface area is 107 Å². The Bertz CT molecular complexity index is 295. The summed E-state index contributed by atoms with van der Waals surface area (Å²) < 4.78 is 3.88. The summed E-state index contributed by atoms with van der Waals surface area (Å²) in [5, 5.41) is 33.7. The smallest absolute Gasteiger partial charge is 0.481 e. The molecule has 0 amide bonds. The van der Waals surface area contributed by atoms with Crippen LogP contribution in [0.5, 0.6) is 0 Å². The molecular weight excluding hydrogens is 293 g/mol. The van der Waals surface area contributed by atoms with Crippen LogP contribution in [0.2, 0.25) is 0 Å². The van der Waals surface area contributed by atoms with Gasteiger partial charge in [0.25, 0.3) is 0 Å². The predicted octanol–water partition coefficient (Wildman–Crippen LogP) is -0.549. The molecule has 0 aromatic rings. The fraction of sp³-hybridized carbons (Fsp3) is 0.429. The number of ether oxygens (including phenoxy) is 1. The molecule has 0 saturated heterocycles. The minimum atomic E-state index is -2.82. The minimum Gasteiger partial charge on any atom is -0.481 e. The molecule has 4 N–H and O–H groups in total. The Kier molecular flexibility index (Phi) is 7.07. The Hall–Kier alpha value is -1.70. The van der Waals surface area contributed by atoms with E-state index in [0.29, 0.717) is 0 Å². The maximum Gasteiger partial charge on any atom is 0.506 e. The van der Waals surface area contributed by atoms with E-state index in [1.807, 2.05) is 0 Å². The van der Waals surface area contributed by atoms with Crippen molar-refractivity contribution in [2.75, 3.05) is 0 Å². The van der Waals surface area contributed by atoms with Crippen LogP contribution in [-0.4, -0.2) is 50.1 Å². The van der Waals surface area contributed by atoms with Crippen molar-refractivity contribution in [1.29, 1.82) is 0 Å². The third-order valence-corrected chi connectivity index (χ3v) is 1.55. The number of carboxylic acids is 3. The molecule has 17 heavy (non-hydrogen) atoms. The van der Waals surface area contributed by atoms with Gasteiger partial charge in [-0.25, -0.2) is 9.59 Å². The molecule has 0 aromatic heterocycles. The van der Waals surface area contributed by atoms with E-state index in [4.69, 9.17) is 20.4 Å². The summed E-state index contributed by atoms with van der Waals surface area (Å²) in [6.07, 6.45) is -4.62. The van der Waals surface area contributed by atoms with E-state index in [1.54, 1.807) is 0 Å². The zero-order chi connectivity index (χ0) is 12.9. The molecule has 0 saturated carbocycles. The molecule has 92 valence electrons. The summed E-state index contributed by atoms with van der Waals surface area (Å²) in [6, 6.07) is 0. The van der Waals surface area contributed by atoms with Crippen molar-refractivity contribution in [1.82, 2.24) is 0 Å². The monoisotopic (exact) mass is 300 g/mol. The summed E-state index contributed by atoms with van der Waals surface area (Å²) in [7, 11) is 0. The number of aliphatic carboxylic acids is 3. The molecule has 0 atom stereocenters. The van der Waals surface area contributed by atoms with Gasteiger partial charge in [-0.2, -0.15) is 0 Å². The molecule has 0 rings (SSSR count). The van der Waals surface area contributed by atoms with Crippen molar-refractivity contribution in [3.8, 4) is 0 Å². The van der Waals surface area contributed by atoms with Crippen LogP contribution >= 0.6 is 0 Å². The first-order valence-electron chi connectivity index (χ1n) is 3.78. The van der Waals surface area contributed by atoms with Gasteiger partial charge >= 0.3 is 24.1 Å². The Morgan fingerprint density at radius 3 is 1.41 bits per heavy atom. The minimum absolute atomic E-state index is 0. The zero-order valence-electron chi connectivity index (χ0n) is 8.45. The number of hydrogen-bond acceptors (Lipinski definition) is 5. The van der Waals surface area contributed by atoms with Gasteiger partial charge in [0.05, 0.1) is 12.8 Å². The molecule has 10 heteroatoms. The van der Waals surface area contributed by atoms with Gasteiger partial charge < -0.3 is 25.2 Å². The number of hydrogen-bond donors (Lipinski definition) is 4. The van der Waals surface area contributed by atoms with E-state index >= 15 is 0 Å². The van der Waals surface area contributed by atoms with E-state index < -0.39 is 42.5 Å². The normalized spacial score (nSPS) is 9.88. The maximum absolute atomic E-state index is 10.7. The number of carbonyl (C=O) groups is 4. The molecule has 0 bridgehead atoms. The van der Waals surface area contributed by atoms with Crippen LogP contribution in [-0.2, 0) is 38.6 Å². The number of carboxylic acid groups (broad SMARTS) is 4. The van der Waals surface area contributed by atoms with Crippen molar-refractivity contribution in [3.05, 3.63) is 0 Å². The van der Waals surface area contributed by atoms with Crippen LogP contribution < -0.4 is 0 Å². The molecule has 0 aliphatic rings. The van der Waals surface area contributed by atoms with Crippen molar-refractivity contribution in [3.63, 3.8) is 0 Å². The molecule has 0 radical (unpaired) electrons.